The Hall–Kier alpha value is -4.04. The third-order valence-electron chi connectivity index (χ3n) is 6.93. The minimum Gasteiger partial charge on any atom is -0.494 e. The number of aromatic nitrogens is 2. The lowest BCUT2D eigenvalue weighted by Gasteiger charge is -2.16. The van der Waals surface area contributed by atoms with E-state index in [4.69, 9.17) is 4.74 Å². The fourth-order valence-electron chi connectivity index (χ4n) is 4.41. The van der Waals surface area contributed by atoms with Gasteiger partial charge in [-0.15, -0.1) is 11.3 Å². The zero-order valence-electron chi connectivity index (χ0n) is 24.7. The van der Waals surface area contributed by atoms with E-state index in [1.54, 1.807) is 18.5 Å². The van der Waals surface area contributed by atoms with Crippen LogP contribution >= 0.6 is 11.3 Å². The molecule has 0 aliphatic rings. The smallest absolute Gasteiger partial charge is 0.326 e. The van der Waals surface area contributed by atoms with Crippen molar-refractivity contribution in [1.29, 1.82) is 0 Å². The van der Waals surface area contributed by atoms with Crippen LogP contribution < -0.4 is 10.1 Å². The Balaban J connectivity index is 1.34. The fraction of sp³-hybridized carbons (Fsp3) is 0.353. The lowest BCUT2D eigenvalue weighted by molar-refractivity contribution is -0.139. The molecule has 2 aromatic carbocycles. The van der Waals surface area contributed by atoms with Gasteiger partial charge >= 0.3 is 5.97 Å². The number of carbonyl (C=O) groups excluding carboxylic acids is 1. The molecule has 4 rings (SSSR count). The molecule has 1 amide bonds. The lowest BCUT2D eigenvalue weighted by atomic mass is 9.95. The maximum Gasteiger partial charge on any atom is 0.326 e. The number of aliphatic carboxylic acids is 1. The maximum atomic E-state index is 12.8. The Morgan fingerprint density at radius 3 is 2.14 bits per heavy atom. The normalized spacial score (nSPS) is 12.1. The van der Waals surface area contributed by atoms with Gasteiger partial charge in [-0.1, -0.05) is 83.4 Å². The predicted molar refractivity (Wildman–Crippen MR) is 168 cm³/mol. The van der Waals surface area contributed by atoms with Gasteiger partial charge in [-0.3, -0.25) is 4.79 Å². The third kappa shape index (κ3) is 8.49. The van der Waals surface area contributed by atoms with Crippen LogP contribution in [-0.4, -0.2) is 39.6 Å². The molecular formula is C34H39N3O4S. The van der Waals surface area contributed by atoms with Gasteiger partial charge in [-0.2, -0.15) is 0 Å². The van der Waals surface area contributed by atoms with Crippen LogP contribution in [0.15, 0.2) is 73.1 Å². The van der Waals surface area contributed by atoms with Crippen LogP contribution in [-0.2, 0) is 16.6 Å². The number of rotatable bonds is 13. The maximum absolute atomic E-state index is 12.8. The molecule has 1 unspecified atom stereocenters. The standard InChI is InChI=1S/C34H39N3O4S/c1-5-6-7-8-19-41-27-15-13-24(14-16-27)26-21-35-31(36-22-26)25-11-9-23(10-12-25)20-28(33(39)40)37-32(38)29-17-18-30(42-29)34(2,3)4/h9-18,21-22,28H,5-8,19-20H2,1-4H3,(H,37,38)(H,39,40). The van der Waals surface area contributed by atoms with Crippen LogP contribution in [0.3, 0.4) is 0 Å². The van der Waals surface area contributed by atoms with E-state index in [2.05, 4.69) is 43.0 Å². The van der Waals surface area contributed by atoms with Gasteiger partial charge in [0.25, 0.3) is 5.91 Å². The predicted octanol–water partition coefficient (Wildman–Crippen LogP) is 7.55. The molecule has 0 saturated heterocycles. The number of hydrogen-bond donors (Lipinski definition) is 2. The number of hydrogen-bond acceptors (Lipinski definition) is 6. The molecule has 0 radical (unpaired) electrons. The first-order chi connectivity index (χ1) is 20.1. The van der Waals surface area contributed by atoms with Crippen LogP contribution in [0.25, 0.3) is 22.5 Å². The molecule has 42 heavy (non-hydrogen) atoms. The largest absolute Gasteiger partial charge is 0.494 e. The van der Waals surface area contributed by atoms with Gasteiger partial charge in [-0.25, -0.2) is 14.8 Å². The number of carbonyl (C=O) groups is 2. The SMILES string of the molecule is CCCCCCOc1ccc(-c2cnc(-c3ccc(CC(NC(=O)c4ccc(C(C)(C)C)s4)C(=O)O)cc3)nc2)cc1. The summed E-state index contributed by atoms with van der Waals surface area (Å²) in [5.74, 6) is -0.0188. The lowest BCUT2D eigenvalue weighted by Crippen LogP contribution is -2.42. The molecule has 7 nitrogen and oxygen atoms in total. The van der Waals surface area contributed by atoms with E-state index >= 15 is 0 Å². The summed E-state index contributed by atoms with van der Waals surface area (Å²) in [6, 6.07) is 18.0. The van der Waals surface area contributed by atoms with Gasteiger partial charge in [-0.05, 0) is 47.2 Å². The van der Waals surface area contributed by atoms with Crippen molar-refractivity contribution in [3.8, 4) is 28.3 Å². The summed E-state index contributed by atoms with van der Waals surface area (Å²) in [6.45, 7) is 9.16. The zero-order chi connectivity index (χ0) is 30.1. The van der Waals surface area contributed by atoms with Crippen LogP contribution in [0.5, 0.6) is 5.75 Å². The highest BCUT2D eigenvalue weighted by Crippen LogP contribution is 2.29. The van der Waals surface area contributed by atoms with E-state index < -0.39 is 12.0 Å². The molecule has 0 saturated carbocycles. The number of unbranched alkanes of at least 4 members (excludes halogenated alkanes) is 3. The van der Waals surface area contributed by atoms with Gasteiger partial charge < -0.3 is 15.2 Å². The Bertz CT molecular complexity index is 1460. The molecule has 2 N–H and O–H groups in total. The van der Waals surface area contributed by atoms with Crippen LogP contribution in [0, 0.1) is 0 Å². The van der Waals surface area contributed by atoms with E-state index in [9.17, 15) is 14.7 Å². The number of ether oxygens (including phenoxy) is 1. The first kappa shape index (κ1) is 30.9. The summed E-state index contributed by atoms with van der Waals surface area (Å²) in [5.41, 5.74) is 3.45. The monoisotopic (exact) mass is 585 g/mol. The van der Waals surface area contributed by atoms with Crippen molar-refractivity contribution in [3.05, 3.63) is 88.4 Å². The molecule has 0 aliphatic heterocycles. The highest BCUT2D eigenvalue weighted by Gasteiger charge is 2.24. The van der Waals surface area contributed by atoms with E-state index in [1.807, 2.05) is 54.6 Å². The van der Waals surface area contributed by atoms with E-state index in [0.717, 1.165) is 45.9 Å². The van der Waals surface area contributed by atoms with Crippen molar-refractivity contribution in [2.24, 2.45) is 0 Å². The molecule has 0 fully saturated rings. The minimum absolute atomic E-state index is 0.0742. The van der Waals surface area contributed by atoms with E-state index in [1.165, 1.54) is 30.6 Å². The van der Waals surface area contributed by atoms with E-state index in [0.29, 0.717) is 10.7 Å². The number of nitrogens with one attached hydrogen (secondary N) is 1. The van der Waals surface area contributed by atoms with Crippen molar-refractivity contribution in [2.45, 2.75) is 71.3 Å². The molecule has 0 bridgehead atoms. The van der Waals surface area contributed by atoms with Gasteiger partial charge in [0.05, 0.1) is 11.5 Å². The van der Waals surface area contributed by atoms with Gasteiger partial charge in [0.1, 0.15) is 11.8 Å². The number of carboxylic acid groups (broad SMARTS) is 1. The van der Waals surface area contributed by atoms with Gasteiger partial charge in [0.15, 0.2) is 5.82 Å². The van der Waals surface area contributed by atoms with E-state index in [-0.39, 0.29) is 17.7 Å². The van der Waals surface area contributed by atoms with Crippen LogP contribution in [0.4, 0.5) is 0 Å². The molecule has 0 aliphatic carbocycles. The van der Waals surface area contributed by atoms with Crippen molar-refractivity contribution in [3.63, 3.8) is 0 Å². The highest BCUT2D eigenvalue weighted by atomic mass is 32.1. The molecule has 8 heteroatoms. The molecule has 1 atom stereocenters. The molecule has 0 spiro atoms. The Morgan fingerprint density at radius 1 is 0.881 bits per heavy atom. The second kappa shape index (κ2) is 14.2. The van der Waals surface area contributed by atoms with Crippen molar-refractivity contribution < 1.29 is 19.4 Å². The number of nitrogens with zero attached hydrogens (tertiary/aromatic N) is 2. The van der Waals surface area contributed by atoms with Crippen molar-refractivity contribution in [1.82, 2.24) is 15.3 Å². The topological polar surface area (TPSA) is 101 Å². The Kier molecular flexibility index (Phi) is 10.5. The summed E-state index contributed by atoms with van der Waals surface area (Å²) in [5, 5.41) is 12.4. The number of benzene rings is 2. The summed E-state index contributed by atoms with van der Waals surface area (Å²) in [7, 11) is 0. The summed E-state index contributed by atoms with van der Waals surface area (Å²) in [4.78, 5) is 35.4. The molecule has 4 aromatic rings. The number of thiophene rings is 1. The second-order valence-corrected chi connectivity index (χ2v) is 12.5. The average Bonchev–Trinajstić information content (AvgIpc) is 3.49. The number of carboxylic acids is 1. The Labute approximate surface area is 252 Å². The number of amides is 1. The average molecular weight is 586 g/mol. The quantitative estimate of drug-likeness (QED) is 0.157. The fourth-order valence-corrected chi connectivity index (χ4v) is 5.37. The zero-order valence-corrected chi connectivity index (χ0v) is 25.5. The second-order valence-electron chi connectivity index (χ2n) is 11.4. The molecule has 2 heterocycles. The first-order valence-electron chi connectivity index (χ1n) is 14.4. The van der Waals surface area contributed by atoms with Crippen molar-refractivity contribution in [2.75, 3.05) is 6.61 Å². The summed E-state index contributed by atoms with van der Waals surface area (Å²) in [6.07, 6.45) is 8.46. The first-order valence-corrected chi connectivity index (χ1v) is 15.2. The molecule has 220 valence electrons. The van der Waals surface area contributed by atoms with Gasteiger partial charge in [0.2, 0.25) is 0 Å². The highest BCUT2D eigenvalue weighted by molar-refractivity contribution is 7.14. The molecular weight excluding hydrogens is 546 g/mol. The minimum atomic E-state index is -1.08. The van der Waals surface area contributed by atoms with Crippen LogP contribution in [0.1, 0.15) is 73.5 Å². The van der Waals surface area contributed by atoms with Gasteiger partial charge in [0, 0.05) is 34.8 Å². The third-order valence-corrected chi connectivity index (χ3v) is 8.44. The van der Waals surface area contributed by atoms with Crippen LogP contribution in [0.2, 0.25) is 0 Å². The molecule has 2 aromatic heterocycles. The van der Waals surface area contributed by atoms with Crippen molar-refractivity contribution >= 4 is 23.2 Å². The Morgan fingerprint density at radius 2 is 1.55 bits per heavy atom. The summed E-state index contributed by atoms with van der Waals surface area (Å²) < 4.78 is 5.83. The summed E-state index contributed by atoms with van der Waals surface area (Å²) >= 11 is 1.39.